The molecule has 0 aliphatic rings. The zero-order chi connectivity index (χ0) is 11.3. The van der Waals surface area contributed by atoms with Gasteiger partial charge >= 0.3 is 0 Å². The van der Waals surface area contributed by atoms with E-state index in [9.17, 15) is 4.79 Å². The molecular formula is C11H12Br2O2. The number of ketones is 1. The molecule has 0 unspecified atom stereocenters. The highest BCUT2D eigenvalue weighted by Crippen LogP contribution is 2.26. The molecule has 0 aliphatic carbocycles. The van der Waals surface area contributed by atoms with Gasteiger partial charge in [0.25, 0.3) is 0 Å². The topological polar surface area (TPSA) is 26.3 Å². The summed E-state index contributed by atoms with van der Waals surface area (Å²) in [6, 6.07) is 5.73. The van der Waals surface area contributed by atoms with Crippen LogP contribution in [0.2, 0.25) is 0 Å². The number of Topliss-reactive ketones (excluding diaryl/α,β-unsaturated/α-hetero) is 1. The van der Waals surface area contributed by atoms with Crippen molar-refractivity contribution >= 4 is 37.6 Å². The van der Waals surface area contributed by atoms with Crippen LogP contribution < -0.4 is 4.74 Å². The number of alkyl halides is 1. The molecule has 0 fully saturated rings. The molecule has 0 radical (unpaired) electrons. The molecular weight excluding hydrogens is 324 g/mol. The van der Waals surface area contributed by atoms with Gasteiger partial charge in [-0.1, -0.05) is 22.0 Å². The summed E-state index contributed by atoms with van der Waals surface area (Å²) in [5, 5.41) is 0.396. The van der Waals surface area contributed by atoms with Crippen LogP contribution in [-0.2, 0) is 11.2 Å². The van der Waals surface area contributed by atoms with E-state index in [1.165, 1.54) is 0 Å². The molecule has 0 saturated heterocycles. The highest BCUT2D eigenvalue weighted by molar-refractivity contribution is 9.10. The van der Waals surface area contributed by atoms with Gasteiger partial charge in [-0.3, -0.25) is 4.79 Å². The van der Waals surface area contributed by atoms with E-state index < -0.39 is 0 Å². The molecule has 0 bridgehead atoms. The summed E-state index contributed by atoms with van der Waals surface area (Å²) >= 11 is 6.54. The minimum absolute atomic E-state index is 0.166. The zero-order valence-electron chi connectivity index (χ0n) is 8.43. The van der Waals surface area contributed by atoms with Gasteiger partial charge in [-0.25, -0.2) is 0 Å². The molecule has 1 aromatic rings. The van der Waals surface area contributed by atoms with Crippen molar-refractivity contribution in [3.8, 4) is 5.75 Å². The third kappa shape index (κ3) is 3.95. The van der Waals surface area contributed by atoms with Crippen LogP contribution in [0.3, 0.4) is 0 Å². The summed E-state index contributed by atoms with van der Waals surface area (Å²) in [5.41, 5.74) is 0.978. The summed E-state index contributed by atoms with van der Waals surface area (Å²) in [5.74, 6) is 0.956. The predicted molar refractivity (Wildman–Crippen MR) is 67.8 cm³/mol. The fourth-order valence-electron chi connectivity index (χ4n) is 1.20. The summed E-state index contributed by atoms with van der Waals surface area (Å²) in [6.07, 6.45) is 0.443. The van der Waals surface area contributed by atoms with Crippen LogP contribution in [0.25, 0.3) is 0 Å². The van der Waals surface area contributed by atoms with Crippen LogP contribution >= 0.6 is 31.9 Å². The number of halogens is 2. The zero-order valence-corrected chi connectivity index (χ0v) is 11.6. The number of carbonyl (C=O) groups is 1. The Morgan fingerprint density at radius 3 is 2.80 bits per heavy atom. The van der Waals surface area contributed by atoms with Crippen LogP contribution in [0, 0.1) is 0 Å². The maximum atomic E-state index is 11.2. The first-order valence-electron chi connectivity index (χ1n) is 4.66. The lowest BCUT2D eigenvalue weighted by Gasteiger charge is -2.07. The van der Waals surface area contributed by atoms with Gasteiger partial charge < -0.3 is 4.74 Å². The van der Waals surface area contributed by atoms with E-state index in [2.05, 4.69) is 31.9 Å². The molecule has 0 atom stereocenters. The average molecular weight is 336 g/mol. The number of ether oxygens (including phenoxy) is 1. The molecule has 0 heterocycles. The number of rotatable bonds is 5. The van der Waals surface area contributed by atoms with Gasteiger partial charge in [-0.05, 0) is 40.5 Å². The van der Waals surface area contributed by atoms with Crippen molar-refractivity contribution in [2.75, 3.05) is 11.9 Å². The average Bonchev–Trinajstić information content (AvgIpc) is 2.23. The Labute approximate surface area is 106 Å². The summed E-state index contributed by atoms with van der Waals surface area (Å²) in [6.45, 7) is 2.55. The Morgan fingerprint density at radius 1 is 1.47 bits per heavy atom. The van der Waals surface area contributed by atoms with Crippen LogP contribution in [0.4, 0.5) is 0 Å². The largest absolute Gasteiger partial charge is 0.493 e. The minimum atomic E-state index is 0.166. The molecule has 0 saturated carbocycles. The molecule has 4 heteroatoms. The van der Waals surface area contributed by atoms with E-state index in [0.717, 1.165) is 15.8 Å². The van der Waals surface area contributed by atoms with Gasteiger partial charge in [0, 0.05) is 6.42 Å². The van der Waals surface area contributed by atoms with Gasteiger partial charge in [0.1, 0.15) is 11.5 Å². The van der Waals surface area contributed by atoms with Crippen LogP contribution in [-0.4, -0.2) is 17.7 Å². The highest BCUT2D eigenvalue weighted by atomic mass is 79.9. The minimum Gasteiger partial charge on any atom is -0.493 e. The quantitative estimate of drug-likeness (QED) is 0.771. The molecule has 0 N–H and O–H groups in total. The standard InChI is InChI=1S/C11H12Br2O2/c1-2-15-11-6-8(3-4-10(11)13)5-9(14)7-12/h3-4,6H,2,5,7H2,1H3. The van der Waals surface area contributed by atoms with Crippen LogP contribution in [0.15, 0.2) is 22.7 Å². The molecule has 15 heavy (non-hydrogen) atoms. The third-order valence-electron chi connectivity index (χ3n) is 1.85. The van der Waals surface area contributed by atoms with Gasteiger partial charge in [0.2, 0.25) is 0 Å². The van der Waals surface area contributed by atoms with E-state index in [4.69, 9.17) is 4.74 Å². The molecule has 0 aromatic heterocycles. The Bertz CT molecular complexity index is 350. The lowest BCUT2D eigenvalue weighted by molar-refractivity contribution is -0.115. The summed E-state index contributed by atoms with van der Waals surface area (Å²) in [4.78, 5) is 11.2. The van der Waals surface area contributed by atoms with Gasteiger partial charge in [0.05, 0.1) is 16.4 Å². The molecule has 2 nitrogen and oxygen atoms in total. The Kier molecular flexibility index (Phi) is 5.32. The van der Waals surface area contributed by atoms with Gasteiger partial charge in [0.15, 0.2) is 0 Å². The van der Waals surface area contributed by atoms with E-state index in [1.807, 2.05) is 25.1 Å². The Hall–Kier alpha value is -0.350. The molecule has 0 amide bonds. The normalized spacial score (nSPS) is 10.1. The lowest BCUT2D eigenvalue weighted by atomic mass is 10.1. The fraction of sp³-hybridized carbons (Fsp3) is 0.364. The molecule has 1 aromatic carbocycles. The number of benzene rings is 1. The van der Waals surface area contributed by atoms with Crippen molar-refractivity contribution in [3.63, 3.8) is 0 Å². The number of carbonyl (C=O) groups excluding carboxylic acids is 1. The molecule has 82 valence electrons. The Morgan fingerprint density at radius 2 is 2.20 bits per heavy atom. The van der Waals surface area contributed by atoms with E-state index >= 15 is 0 Å². The summed E-state index contributed by atoms with van der Waals surface area (Å²) < 4.78 is 6.34. The second-order valence-corrected chi connectivity index (χ2v) is 4.46. The van der Waals surface area contributed by atoms with Crippen molar-refractivity contribution in [2.45, 2.75) is 13.3 Å². The smallest absolute Gasteiger partial charge is 0.147 e. The Balaban J connectivity index is 2.82. The van der Waals surface area contributed by atoms with Gasteiger partial charge in [-0.15, -0.1) is 0 Å². The van der Waals surface area contributed by atoms with Crippen LogP contribution in [0.1, 0.15) is 12.5 Å². The molecule has 1 rings (SSSR count). The summed E-state index contributed by atoms with van der Waals surface area (Å²) in [7, 11) is 0. The van der Waals surface area contributed by atoms with Crippen molar-refractivity contribution in [1.82, 2.24) is 0 Å². The van der Waals surface area contributed by atoms with Crippen LogP contribution in [0.5, 0.6) is 5.75 Å². The van der Waals surface area contributed by atoms with Crippen molar-refractivity contribution < 1.29 is 9.53 Å². The monoisotopic (exact) mass is 334 g/mol. The first-order valence-corrected chi connectivity index (χ1v) is 6.57. The SMILES string of the molecule is CCOc1cc(CC(=O)CBr)ccc1Br. The second-order valence-electron chi connectivity index (χ2n) is 3.05. The van der Waals surface area contributed by atoms with E-state index in [0.29, 0.717) is 18.4 Å². The number of hydrogen-bond acceptors (Lipinski definition) is 2. The van der Waals surface area contributed by atoms with Crippen molar-refractivity contribution in [1.29, 1.82) is 0 Å². The molecule has 0 aliphatic heterocycles. The maximum Gasteiger partial charge on any atom is 0.147 e. The third-order valence-corrected chi connectivity index (χ3v) is 3.13. The first-order chi connectivity index (χ1) is 7.17. The predicted octanol–water partition coefficient (Wildman–Crippen LogP) is 3.35. The maximum absolute atomic E-state index is 11.2. The first kappa shape index (κ1) is 12.7. The van der Waals surface area contributed by atoms with E-state index in [1.54, 1.807) is 0 Å². The van der Waals surface area contributed by atoms with Gasteiger partial charge in [-0.2, -0.15) is 0 Å². The second kappa shape index (κ2) is 6.28. The van der Waals surface area contributed by atoms with Crippen molar-refractivity contribution in [2.24, 2.45) is 0 Å². The van der Waals surface area contributed by atoms with Crippen molar-refractivity contribution in [3.05, 3.63) is 28.2 Å². The van der Waals surface area contributed by atoms with E-state index in [-0.39, 0.29) is 5.78 Å². The fourth-order valence-corrected chi connectivity index (χ4v) is 1.76. The highest BCUT2D eigenvalue weighted by Gasteiger charge is 2.05. The molecule has 0 spiro atoms. The lowest BCUT2D eigenvalue weighted by Crippen LogP contribution is -2.03. The number of hydrogen-bond donors (Lipinski definition) is 0.